The number of aliphatic hydroxyl groups is 1. The zero-order valence-electron chi connectivity index (χ0n) is 17.6. The van der Waals surface area contributed by atoms with Crippen LogP contribution in [-0.2, 0) is 10.5 Å². The van der Waals surface area contributed by atoms with Crippen molar-refractivity contribution in [3.63, 3.8) is 0 Å². The second-order valence-electron chi connectivity index (χ2n) is 7.84. The van der Waals surface area contributed by atoms with Gasteiger partial charge < -0.3 is 25.4 Å². The number of ether oxygens (including phenoxy) is 1. The third kappa shape index (κ3) is 4.08. The zero-order chi connectivity index (χ0) is 21.8. The number of hydrogen-bond donors (Lipinski definition) is 3. The molecule has 1 saturated heterocycles. The van der Waals surface area contributed by atoms with Gasteiger partial charge in [0.2, 0.25) is 0 Å². The number of benzene rings is 2. The molecule has 2 heterocycles. The fourth-order valence-corrected chi connectivity index (χ4v) is 4.25. The molecule has 164 valence electrons. The first-order valence-electron chi connectivity index (χ1n) is 10.6. The Balaban J connectivity index is 1.61. The number of carbonyl (C=O) groups excluding carboxylic acids is 2. The Morgan fingerprint density at radius 1 is 1.19 bits per heavy atom. The monoisotopic (exact) mass is 424 g/mol. The SMILES string of the molecule is COc1cccc(N2C(=O)Nc3ccccc3[C@@]2(O)C(=O)NCCCN2CCCC2)c1. The number of urea groups is 1. The summed E-state index contributed by atoms with van der Waals surface area (Å²) in [6.45, 7) is 3.49. The molecule has 4 rings (SSSR count). The van der Waals surface area contributed by atoms with Crippen molar-refractivity contribution in [2.45, 2.75) is 25.0 Å². The number of fused-ring (bicyclic) bond motifs is 1. The Bertz CT molecular complexity index is 960. The Morgan fingerprint density at radius 2 is 1.97 bits per heavy atom. The lowest BCUT2D eigenvalue weighted by Crippen LogP contribution is -2.62. The summed E-state index contributed by atoms with van der Waals surface area (Å²) in [5.41, 5.74) is -1.13. The summed E-state index contributed by atoms with van der Waals surface area (Å²) in [6.07, 6.45) is 3.20. The molecule has 2 aliphatic rings. The van der Waals surface area contributed by atoms with Crippen LogP contribution in [0.1, 0.15) is 24.8 Å². The average Bonchev–Trinajstić information content (AvgIpc) is 3.30. The lowest BCUT2D eigenvalue weighted by atomic mass is 9.94. The highest BCUT2D eigenvalue weighted by molar-refractivity contribution is 6.11. The van der Waals surface area contributed by atoms with E-state index in [4.69, 9.17) is 4.74 Å². The van der Waals surface area contributed by atoms with Crippen molar-refractivity contribution in [1.82, 2.24) is 10.2 Å². The predicted octanol–water partition coefficient (Wildman–Crippen LogP) is 2.49. The predicted molar refractivity (Wildman–Crippen MR) is 118 cm³/mol. The number of likely N-dealkylation sites (tertiary alicyclic amines) is 1. The quantitative estimate of drug-likeness (QED) is 0.594. The van der Waals surface area contributed by atoms with Gasteiger partial charge in [-0.3, -0.25) is 9.69 Å². The summed E-state index contributed by atoms with van der Waals surface area (Å²) in [6, 6.07) is 12.9. The Labute approximate surface area is 181 Å². The number of rotatable bonds is 7. The lowest BCUT2D eigenvalue weighted by molar-refractivity contribution is -0.140. The van der Waals surface area contributed by atoms with Crippen LogP contribution < -0.4 is 20.3 Å². The normalized spacial score (nSPS) is 20.8. The van der Waals surface area contributed by atoms with Crippen LogP contribution in [0.5, 0.6) is 5.75 Å². The van der Waals surface area contributed by atoms with Gasteiger partial charge in [-0.05, 0) is 57.1 Å². The topological polar surface area (TPSA) is 94.1 Å². The molecule has 31 heavy (non-hydrogen) atoms. The smallest absolute Gasteiger partial charge is 0.329 e. The summed E-state index contributed by atoms with van der Waals surface area (Å²) in [5.74, 6) is -0.128. The van der Waals surface area contributed by atoms with Gasteiger partial charge in [-0.1, -0.05) is 24.3 Å². The molecule has 2 aromatic carbocycles. The molecule has 8 heteroatoms. The molecule has 2 aliphatic heterocycles. The van der Waals surface area contributed by atoms with Crippen molar-refractivity contribution in [3.8, 4) is 5.75 Å². The van der Waals surface area contributed by atoms with Gasteiger partial charge in [0, 0.05) is 18.2 Å². The Morgan fingerprint density at radius 3 is 2.74 bits per heavy atom. The van der Waals surface area contributed by atoms with Crippen molar-refractivity contribution in [2.24, 2.45) is 0 Å². The van der Waals surface area contributed by atoms with Crippen molar-refractivity contribution in [3.05, 3.63) is 54.1 Å². The first-order valence-corrected chi connectivity index (χ1v) is 10.6. The average molecular weight is 425 g/mol. The largest absolute Gasteiger partial charge is 0.497 e. The molecule has 0 unspecified atom stereocenters. The highest BCUT2D eigenvalue weighted by atomic mass is 16.5. The van der Waals surface area contributed by atoms with Crippen LogP contribution in [0.4, 0.5) is 16.2 Å². The van der Waals surface area contributed by atoms with Gasteiger partial charge in [-0.2, -0.15) is 0 Å². The van der Waals surface area contributed by atoms with Crippen LogP contribution in [0.25, 0.3) is 0 Å². The van der Waals surface area contributed by atoms with Crippen LogP contribution in [0.3, 0.4) is 0 Å². The second-order valence-corrected chi connectivity index (χ2v) is 7.84. The number of anilines is 2. The van der Waals surface area contributed by atoms with Gasteiger partial charge >= 0.3 is 6.03 Å². The summed E-state index contributed by atoms with van der Waals surface area (Å²) >= 11 is 0. The molecule has 0 saturated carbocycles. The number of nitrogens with one attached hydrogen (secondary N) is 2. The maximum atomic E-state index is 13.3. The molecule has 0 radical (unpaired) electrons. The first kappa shape index (κ1) is 21.1. The van der Waals surface area contributed by atoms with E-state index in [1.807, 2.05) is 0 Å². The van der Waals surface area contributed by atoms with E-state index in [9.17, 15) is 14.7 Å². The molecule has 3 N–H and O–H groups in total. The summed E-state index contributed by atoms with van der Waals surface area (Å²) in [4.78, 5) is 29.8. The van der Waals surface area contributed by atoms with Crippen molar-refractivity contribution in [1.29, 1.82) is 0 Å². The number of carbonyl (C=O) groups is 2. The molecule has 1 fully saturated rings. The third-order valence-electron chi connectivity index (χ3n) is 5.83. The number of para-hydroxylation sites is 1. The highest BCUT2D eigenvalue weighted by Gasteiger charge is 2.51. The van der Waals surface area contributed by atoms with Crippen LogP contribution in [0, 0.1) is 0 Å². The number of methoxy groups -OCH3 is 1. The van der Waals surface area contributed by atoms with E-state index in [0.29, 0.717) is 29.2 Å². The molecule has 1 atom stereocenters. The van der Waals surface area contributed by atoms with Crippen LogP contribution >= 0.6 is 0 Å². The van der Waals surface area contributed by atoms with E-state index in [1.54, 1.807) is 48.5 Å². The van der Waals surface area contributed by atoms with E-state index in [1.165, 1.54) is 20.0 Å². The minimum atomic E-state index is -2.20. The number of hydrogen-bond acceptors (Lipinski definition) is 5. The number of amides is 3. The molecule has 0 bridgehead atoms. The fraction of sp³-hybridized carbons (Fsp3) is 0.391. The van der Waals surface area contributed by atoms with E-state index >= 15 is 0 Å². The summed E-state index contributed by atoms with van der Waals surface area (Å²) in [7, 11) is 1.52. The Hall–Kier alpha value is -3.10. The molecular weight excluding hydrogens is 396 g/mol. The molecule has 0 aliphatic carbocycles. The third-order valence-corrected chi connectivity index (χ3v) is 5.83. The summed E-state index contributed by atoms with van der Waals surface area (Å²) < 4.78 is 5.26. The van der Waals surface area contributed by atoms with E-state index in [-0.39, 0.29) is 0 Å². The van der Waals surface area contributed by atoms with Gasteiger partial charge in [0.1, 0.15) is 5.75 Å². The minimum Gasteiger partial charge on any atom is -0.497 e. The van der Waals surface area contributed by atoms with E-state index < -0.39 is 17.7 Å². The second kappa shape index (κ2) is 8.95. The minimum absolute atomic E-state index is 0.314. The molecule has 2 aromatic rings. The molecule has 0 spiro atoms. The van der Waals surface area contributed by atoms with Gasteiger partial charge in [0.15, 0.2) is 0 Å². The maximum absolute atomic E-state index is 13.3. The zero-order valence-corrected chi connectivity index (χ0v) is 17.6. The van der Waals surface area contributed by atoms with Gasteiger partial charge in [-0.25, -0.2) is 4.79 Å². The van der Waals surface area contributed by atoms with Gasteiger partial charge in [0.25, 0.3) is 11.6 Å². The van der Waals surface area contributed by atoms with Crippen molar-refractivity contribution < 1.29 is 19.4 Å². The van der Waals surface area contributed by atoms with Crippen molar-refractivity contribution >= 4 is 23.3 Å². The van der Waals surface area contributed by atoms with Gasteiger partial charge in [-0.15, -0.1) is 0 Å². The standard InChI is InChI=1S/C23H28N4O4/c1-31-18-9-6-8-17(16-18)27-22(29)25-20-11-3-2-10-19(20)23(27,30)21(28)24-12-7-15-26-13-4-5-14-26/h2-3,6,8-11,16,30H,4-5,7,12-15H2,1H3,(H,24,28)(H,25,29)/t23-/m1/s1. The molecular formula is C23H28N4O4. The fourth-order valence-electron chi connectivity index (χ4n) is 4.25. The number of nitrogens with zero attached hydrogens (tertiary/aromatic N) is 2. The van der Waals surface area contributed by atoms with Crippen molar-refractivity contribution in [2.75, 3.05) is 43.5 Å². The maximum Gasteiger partial charge on any atom is 0.329 e. The summed E-state index contributed by atoms with van der Waals surface area (Å²) in [5, 5.41) is 17.3. The molecule has 3 amide bonds. The molecule has 0 aromatic heterocycles. The Kier molecular flexibility index (Phi) is 6.11. The van der Waals surface area contributed by atoms with Crippen LogP contribution in [-0.4, -0.2) is 55.2 Å². The lowest BCUT2D eigenvalue weighted by Gasteiger charge is -2.42. The highest BCUT2D eigenvalue weighted by Crippen LogP contribution is 2.40. The van der Waals surface area contributed by atoms with E-state index in [2.05, 4.69) is 15.5 Å². The van der Waals surface area contributed by atoms with E-state index in [0.717, 1.165) is 31.0 Å². The molecule has 8 nitrogen and oxygen atoms in total. The van der Waals surface area contributed by atoms with Crippen LogP contribution in [0.15, 0.2) is 48.5 Å². The van der Waals surface area contributed by atoms with Gasteiger partial charge in [0.05, 0.1) is 18.5 Å². The van der Waals surface area contributed by atoms with Crippen LogP contribution in [0.2, 0.25) is 0 Å². The first-order chi connectivity index (χ1) is 15.0.